The first kappa shape index (κ1) is 28.3. The van der Waals surface area contributed by atoms with E-state index in [1.807, 2.05) is 50.2 Å². The van der Waals surface area contributed by atoms with Gasteiger partial charge in [-0.15, -0.1) is 0 Å². The van der Waals surface area contributed by atoms with Gasteiger partial charge in [0.05, 0.1) is 18.2 Å². The number of hydrogen-bond donors (Lipinski definition) is 5. The summed E-state index contributed by atoms with van der Waals surface area (Å²) < 4.78 is 0. The van der Waals surface area contributed by atoms with Crippen LogP contribution in [0.15, 0.2) is 84.6 Å². The number of carbonyl (C=O) groups excluding carboxylic acids is 2. The molecule has 1 aliphatic heterocycles. The van der Waals surface area contributed by atoms with Gasteiger partial charge in [-0.25, -0.2) is 4.79 Å². The van der Waals surface area contributed by atoms with E-state index in [9.17, 15) is 24.3 Å². The third kappa shape index (κ3) is 6.47. The fourth-order valence-corrected chi connectivity index (χ4v) is 4.61. The summed E-state index contributed by atoms with van der Waals surface area (Å²) in [7, 11) is 0. The van der Waals surface area contributed by atoms with Crippen LogP contribution in [0.5, 0.6) is 0 Å². The van der Waals surface area contributed by atoms with Crippen LogP contribution in [0.1, 0.15) is 36.2 Å². The predicted molar refractivity (Wildman–Crippen MR) is 147 cm³/mol. The van der Waals surface area contributed by atoms with Crippen LogP contribution >= 0.6 is 0 Å². The highest BCUT2D eigenvalue weighted by Crippen LogP contribution is 2.29. The molecule has 208 valence electrons. The molecule has 0 aromatic heterocycles. The largest absolute Gasteiger partial charge is 0.481 e. The molecule has 4 rings (SSSR count). The van der Waals surface area contributed by atoms with Gasteiger partial charge in [0.1, 0.15) is 6.04 Å². The minimum absolute atomic E-state index is 0.0268. The predicted octanol–water partition coefficient (Wildman–Crippen LogP) is 3.04. The van der Waals surface area contributed by atoms with Gasteiger partial charge in [0, 0.05) is 12.0 Å². The Balaban J connectivity index is 1.63. The van der Waals surface area contributed by atoms with Crippen LogP contribution in [0.2, 0.25) is 0 Å². The molecule has 0 saturated heterocycles. The molecule has 0 bridgehead atoms. The second kappa shape index (κ2) is 12.0. The van der Waals surface area contributed by atoms with Crippen LogP contribution in [-0.4, -0.2) is 51.7 Å². The number of carboxylic acid groups (broad SMARTS) is 2. The summed E-state index contributed by atoms with van der Waals surface area (Å²) in [6.45, 7) is 3.80. The van der Waals surface area contributed by atoms with E-state index in [0.29, 0.717) is 11.3 Å². The molecule has 0 aliphatic carbocycles. The highest BCUT2D eigenvalue weighted by molar-refractivity contribution is 5.99. The van der Waals surface area contributed by atoms with Crippen molar-refractivity contribution < 1.29 is 34.2 Å². The first-order valence-electron chi connectivity index (χ1n) is 12.8. The van der Waals surface area contributed by atoms with Gasteiger partial charge in [-0.3, -0.25) is 24.7 Å². The number of amides is 2. The van der Waals surface area contributed by atoms with Gasteiger partial charge in [0.15, 0.2) is 5.60 Å². The third-order valence-corrected chi connectivity index (χ3v) is 6.72. The summed E-state index contributed by atoms with van der Waals surface area (Å²) in [4.78, 5) is 55.4. The van der Waals surface area contributed by atoms with Crippen molar-refractivity contribution in [1.29, 1.82) is 0 Å². The Morgan fingerprint density at radius 1 is 0.900 bits per heavy atom. The van der Waals surface area contributed by atoms with Crippen LogP contribution in [0.4, 0.5) is 0 Å². The van der Waals surface area contributed by atoms with E-state index in [1.165, 1.54) is 6.08 Å². The molecule has 1 unspecified atom stereocenters. The lowest BCUT2D eigenvalue weighted by molar-refractivity contribution is -0.152. The van der Waals surface area contributed by atoms with E-state index in [2.05, 4.69) is 16.1 Å². The van der Waals surface area contributed by atoms with Crippen LogP contribution in [0.3, 0.4) is 0 Å². The molecule has 0 spiro atoms. The highest BCUT2D eigenvalue weighted by Gasteiger charge is 2.46. The molecule has 1 aliphatic rings. The fraction of sp³-hybridized carbons (Fsp3) is 0.267. The highest BCUT2D eigenvalue weighted by atomic mass is 16.7. The first-order valence-corrected chi connectivity index (χ1v) is 12.8. The molecule has 3 aromatic carbocycles. The van der Waals surface area contributed by atoms with Gasteiger partial charge >= 0.3 is 11.9 Å². The Bertz CT molecular complexity index is 1450. The first-order chi connectivity index (χ1) is 19.1. The maximum absolute atomic E-state index is 13.5. The number of benzene rings is 3. The molecule has 10 heteroatoms. The smallest absolute Gasteiger partial charge is 0.326 e. The van der Waals surface area contributed by atoms with E-state index in [-0.39, 0.29) is 18.2 Å². The van der Waals surface area contributed by atoms with Crippen LogP contribution in [0, 0.1) is 5.92 Å². The summed E-state index contributed by atoms with van der Waals surface area (Å²) >= 11 is 0. The third-order valence-electron chi connectivity index (χ3n) is 6.72. The van der Waals surface area contributed by atoms with Gasteiger partial charge in [-0.1, -0.05) is 74.5 Å². The van der Waals surface area contributed by atoms with Gasteiger partial charge in [-0.2, -0.15) is 0 Å². The second-order valence-corrected chi connectivity index (χ2v) is 10.1. The molecule has 10 nitrogen and oxygen atoms in total. The van der Waals surface area contributed by atoms with Crippen LogP contribution < -0.4 is 16.1 Å². The molecule has 2 amide bonds. The van der Waals surface area contributed by atoms with E-state index < -0.39 is 42.0 Å². The average molecular weight is 546 g/mol. The number of fused-ring (bicyclic) bond motifs is 1. The molecule has 40 heavy (non-hydrogen) atoms. The quantitative estimate of drug-likeness (QED) is 0.246. The average Bonchev–Trinajstić information content (AvgIpc) is 3.35. The lowest BCUT2D eigenvalue weighted by atomic mass is 9.90. The molecule has 3 atom stereocenters. The molecule has 0 saturated carbocycles. The zero-order chi connectivity index (χ0) is 28.9. The van der Waals surface area contributed by atoms with Crippen molar-refractivity contribution in [3.63, 3.8) is 0 Å². The summed E-state index contributed by atoms with van der Waals surface area (Å²) in [6, 6.07) is 19.8. The van der Waals surface area contributed by atoms with Gasteiger partial charge < -0.3 is 20.8 Å². The molecular weight excluding hydrogens is 514 g/mol. The number of hydrogen-bond acceptors (Lipinski definition) is 6. The summed E-state index contributed by atoms with van der Waals surface area (Å²) in [5.41, 5.74) is 2.69. The Hall–Kier alpha value is -4.70. The number of hydroxylamine groups is 1. The zero-order valence-corrected chi connectivity index (χ0v) is 22.1. The maximum atomic E-state index is 13.5. The van der Waals surface area contributed by atoms with Gasteiger partial charge in [0.2, 0.25) is 0 Å². The van der Waals surface area contributed by atoms with E-state index in [0.717, 1.165) is 16.3 Å². The van der Waals surface area contributed by atoms with E-state index in [1.54, 1.807) is 36.4 Å². The zero-order valence-electron chi connectivity index (χ0n) is 22.1. The Morgan fingerprint density at radius 3 is 2.23 bits per heavy atom. The molecule has 0 fully saturated rings. The van der Waals surface area contributed by atoms with E-state index in [4.69, 9.17) is 9.94 Å². The second-order valence-electron chi connectivity index (χ2n) is 10.1. The number of carbonyl (C=O) groups is 4. The minimum atomic E-state index is -1.70. The van der Waals surface area contributed by atoms with Crippen molar-refractivity contribution in [2.24, 2.45) is 5.92 Å². The van der Waals surface area contributed by atoms with Crippen LogP contribution in [-0.2, 0) is 25.6 Å². The Labute approximate surface area is 231 Å². The van der Waals surface area contributed by atoms with Gasteiger partial charge in [0.25, 0.3) is 11.8 Å². The lowest BCUT2D eigenvalue weighted by Crippen LogP contribution is -2.54. The number of nitrogens with one attached hydrogen (secondary N) is 3. The normalized spacial score (nSPS) is 17.9. The van der Waals surface area contributed by atoms with Crippen molar-refractivity contribution in [1.82, 2.24) is 16.1 Å². The summed E-state index contributed by atoms with van der Waals surface area (Å²) in [5.74, 6) is -4.12. The van der Waals surface area contributed by atoms with Crippen LogP contribution in [0.25, 0.3) is 10.8 Å². The summed E-state index contributed by atoms with van der Waals surface area (Å²) in [5, 5.41) is 25.8. The topological polar surface area (TPSA) is 154 Å². The lowest BCUT2D eigenvalue weighted by Gasteiger charge is -2.26. The van der Waals surface area contributed by atoms with Crippen molar-refractivity contribution in [3.8, 4) is 0 Å². The molecule has 5 N–H and O–H groups in total. The Kier molecular flexibility index (Phi) is 8.49. The van der Waals surface area contributed by atoms with E-state index >= 15 is 0 Å². The summed E-state index contributed by atoms with van der Waals surface area (Å²) in [6.07, 6.45) is 0.752. The van der Waals surface area contributed by atoms with Gasteiger partial charge in [-0.05, 0) is 40.5 Å². The van der Waals surface area contributed by atoms with Crippen molar-refractivity contribution in [2.75, 3.05) is 0 Å². The molecule has 0 radical (unpaired) electrons. The standard InChI is InChI=1S/C30H31N3O7/c1-18(2)26(32-27(36)22-13-12-20-10-6-7-11-21(20)14-22)24-17-30(40-33-24,16-19-8-4-3-5-9-19)29(39)31-23(28(37)38)15-25(34)35/h3-14,17-18,23,26,33H,15-16H2,1-2H3,(H,31,39)(H,32,36)(H,34,35)(H,37,38)/t23-,26-,30?/m0/s1. The molecule has 3 aromatic rings. The number of rotatable bonds is 11. The molecule has 1 heterocycles. The van der Waals surface area contributed by atoms with Crippen molar-refractivity contribution in [2.45, 2.75) is 44.4 Å². The Morgan fingerprint density at radius 2 is 1.57 bits per heavy atom. The number of carboxylic acids is 2. The minimum Gasteiger partial charge on any atom is -0.481 e. The van der Waals surface area contributed by atoms with Crippen molar-refractivity contribution in [3.05, 3.63) is 95.7 Å². The molecular formula is C30H31N3O7. The SMILES string of the molecule is CC(C)[C@H](NC(=O)c1ccc2ccccc2c1)C1=CC(Cc2ccccc2)(C(=O)N[C@@H](CC(=O)O)C(=O)O)ON1. The number of aliphatic carboxylic acids is 2. The monoisotopic (exact) mass is 545 g/mol. The maximum Gasteiger partial charge on any atom is 0.326 e. The van der Waals surface area contributed by atoms with Crippen molar-refractivity contribution >= 4 is 34.5 Å². The fourth-order valence-electron chi connectivity index (χ4n) is 4.61.